The van der Waals surface area contributed by atoms with Crippen molar-refractivity contribution >= 4 is 5.97 Å². The molecule has 0 spiro atoms. The van der Waals surface area contributed by atoms with Crippen molar-refractivity contribution in [2.24, 2.45) is 0 Å². The third-order valence-corrected chi connectivity index (χ3v) is 2.23. The van der Waals surface area contributed by atoms with Crippen LogP contribution in [0.4, 0.5) is 0 Å². The van der Waals surface area contributed by atoms with Gasteiger partial charge >= 0.3 is 29.6 Å². The zero-order chi connectivity index (χ0) is 11.5. The van der Waals surface area contributed by atoms with E-state index in [1.807, 2.05) is 6.92 Å². The molecule has 0 aliphatic heterocycles. The molecule has 2 aromatic heterocycles. The summed E-state index contributed by atoms with van der Waals surface area (Å²) in [6, 6.07) is 5.30. The van der Waals surface area contributed by atoms with E-state index in [0.29, 0.717) is 23.4 Å². The molecule has 0 unspecified atom stereocenters. The van der Waals surface area contributed by atoms with Crippen LogP contribution >= 0.6 is 0 Å². The molecule has 0 bridgehead atoms. The molecule has 0 fully saturated rings. The summed E-state index contributed by atoms with van der Waals surface area (Å²) >= 11 is 0. The van der Waals surface area contributed by atoms with Crippen molar-refractivity contribution in [2.45, 2.75) is 13.3 Å². The minimum Gasteiger partial charge on any atom is -0.543 e. The number of hydrogen-bond donors (Lipinski definition) is 0. The third kappa shape index (κ3) is 2.74. The molecule has 0 saturated heterocycles. The molecule has 5 nitrogen and oxygen atoms in total. The number of carbonyl (C=O) groups excluding carboxylic acids is 1. The van der Waals surface area contributed by atoms with Gasteiger partial charge in [0, 0.05) is 11.8 Å². The standard InChI is InChI=1S/C11H10N2O3.Na/c1-2-7-9(11(14)15)13-16-10(7)8-5-3-4-6-12-8;/h3-6H,2H2,1H3,(H,14,15);/q;+1/p-1. The van der Waals surface area contributed by atoms with Crippen LogP contribution in [-0.4, -0.2) is 16.1 Å². The molecule has 2 aromatic rings. The van der Waals surface area contributed by atoms with Crippen molar-refractivity contribution in [3.05, 3.63) is 35.7 Å². The Labute approximate surface area is 120 Å². The van der Waals surface area contributed by atoms with Crippen LogP contribution in [0.5, 0.6) is 0 Å². The normalized spacial score (nSPS) is 9.71. The first kappa shape index (κ1) is 13.9. The van der Waals surface area contributed by atoms with E-state index < -0.39 is 5.97 Å². The average Bonchev–Trinajstić information content (AvgIpc) is 2.73. The van der Waals surface area contributed by atoms with E-state index in [1.165, 1.54) is 0 Å². The van der Waals surface area contributed by atoms with Crippen molar-refractivity contribution in [3.63, 3.8) is 0 Å². The Hall–Kier alpha value is -1.17. The van der Waals surface area contributed by atoms with Crippen LogP contribution in [0.2, 0.25) is 0 Å². The number of rotatable bonds is 3. The van der Waals surface area contributed by atoms with Gasteiger partial charge in [-0.15, -0.1) is 0 Å². The van der Waals surface area contributed by atoms with Gasteiger partial charge in [-0.3, -0.25) is 4.98 Å². The van der Waals surface area contributed by atoms with Crippen LogP contribution in [-0.2, 0) is 6.42 Å². The summed E-state index contributed by atoms with van der Waals surface area (Å²) in [4.78, 5) is 14.9. The van der Waals surface area contributed by atoms with Crippen molar-refractivity contribution in [1.29, 1.82) is 0 Å². The second kappa shape index (κ2) is 5.95. The Morgan fingerprint density at radius 3 is 2.76 bits per heavy atom. The minimum absolute atomic E-state index is 0. The molecular weight excluding hydrogens is 231 g/mol. The van der Waals surface area contributed by atoms with Gasteiger partial charge in [0.1, 0.15) is 11.4 Å². The summed E-state index contributed by atoms with van der Waals surface area (Å²) in [5, 5.41) is 14.3. The molecule has 0 aliphatic carbocycles. The van der Waals surface area contributed by atoms with Gasteiger partial charge in [-0.25, -0.2) is 0 Å². The topological polar surface area (TPSA) is 79.0 Å². The molecule has 2 heterocycles. The fourth-order valence-corrected chi connectivity index (χ4v) is 1.50. The Morgan fingerprint density at radius 1 is 1.47 bits per heavy atom. The van der Waals surface area contributed by atoms with E-state index in [0.717, 1.165) is 0 Å². The Balaban J connectivity index is 0.00000144. The van der Waals surface area contributed by atoms with E-state index in [4.69, 9.17) is 4.52 Å². The zero-order valence-electron chi connectivity index (χ0n) is 9.64. The van der Waals surface area contributed by atoms with Gasteiger partial charge in [0.15, 0.2) is 5.76 Å². The van der Waals surface area contributed by atoms with Gasteiger partial charge in [-0.2, -0.15) is 0 Å². The molecular formula is C11H9N2NaO3. The van der Waals surface area contributed by atoms with Crippen molar-refractivity contribution in [1.82, 2.24) is 10.1 Å². The van der Waals surface area contributed by atoms with Crippen LogP contribution in [0.1, 0.15) is 23.0 Å². The summed E-state index contributed by atoms with van der Waals surface area (Å²) in [6.07, 6.45) is 2.11. The van der Waals surface area contributed by atoms with E-state index in [9.17, 15) is 9.90 Å². The number of aromatic carboxylic acids is 1. The first-order valence-corrected chi connectivity index (χ1v) is 4.85. The van der Waals surface area contributed by atoms with Crippen LogP contribution in [0.15, 0.2) is 28.9 Å². The molecule has 0 aliphatic rings. The van der Waals surface area contributed by atoms with E-state index in [1.54, 1.807) is 24.4 Å². The van der Waals surface area contributed by atoms with E-state index >= 15 is 0 Å². The second-order valence-corrected chi connectivity index (χ2v) is 3.19. The molecule has 0 N–H and O–H groups in total. The maximum atomic E-state index is 10.8. The second-order valence-electron chi connectivity index (χ2n) is 3.19. The number of carbonyl (C=O) groups is 1. The number of aromatic nitrogens is 2. The maximum absolute atomic E-state index is 10.8. The monoisotopic (exact) mass is 240 g/mol. The Morgan fingerprint density at radius 2 is 2.24 bits per heavy atom. The van der Waals surface area contributed by atoms with Crippen LogP contribution in [0.25, 0.3) is 11.5 Å². The van der Waals surface area contributed by atoms with Gasteiger partial charge in [0.2, 0.25) is 0 Å². The largest absolute Gasteiger partial charge is 1.00 e. The fourth-order valence-electron chi connectivity index (χ4n) is 1.50. The predicted octanol–water partition coefficient (Wildman–Crippen LogP) is -2.33. The molecule has 82 valence electrons. The van der Waals surface area contributed by atoms with Gasteiger partial charge in [-0.1, -0.05) is 18.1 Å². The third-order valence-electron chi connectivity index (χ3n) is 2.23. The van der Waals surface area contributed by atoms with Gasteiger partial charge in [0.05, 0.1) is 5.97 Å². The van der Waals surface area contributed by atoms with Crippen molar-refractivity contribution in [3.8, 4) is 11.5 Å². The van der Waals surface area contributed by atoms with Gasteiger partial charge in [-0.05, 0) is 18.6 Å². The Kier molecular flexibility index (Phi) is 4.86. The van der Waals surface area contributed by atoms with Crippen molar-refractivity contribution in [2.75, 3.05) is 0 Å². The first-order valence-electron chi connectivity index (χ1n) is 4.85. The van der Waals surface area contributed by atoms with Crippen LogP contribution in [0, 0.1) is 0 Å². The summed E-state index contributed by atoms with van der Waals surface area (Å²) < 4.78 is 5.00. The molecule has 0 saturated carbocycles. The maximum Gasteiger partial charge on any atom is 1.00 e. The zero-order valence-corrected chi connectivity index (χ0v) is 11.6. The van der Waals surface area contributed by atoms with Crippen LogP contribution in [0.3, 0.4) is 0 Å². The number of nitrogens with zero attached hydrogens (tertiary/aromatic N) is 2. The van der Waals surface area contributed by atoms with Gasteiger partial charge < -0.3 is 14.4 Å². The molecule has 2 rings (SSSR count). The SMILES string of the molecule is CCc1c(C(=O)[O-])noc1-c1ccccn1.[Na+]. The number of hydrogen-bond acceptors (Lipinski definition) is 5. The first-order chi connectivity index (χ1) is 7.74. The molecule has 17 heavy (non-hydrogen) atoms. The summed E-state index contributed by atoms with van der Waals surface area (Å²) in [5.74, 6) is -0.940. The Bertz CT molecular complexity index is 511. The smallest absolute Gasteiger partial charge is 0.543 e. The summed E-state index contributed by atoms with van der Waals surface area (Å²) in [6.45, 7) is 1.82. The predicted molar refractivity (Wildman–Crippen MR) is 53.4 cm³/mol. The van der Waals surface area contributed by atoms with Crippen molar-refractivity contribution < 1.29 is 44.0 Å². The summed E-state index contributed by atoms with van der Waals surface area (Å²) in [7, 11) is 0. The van der Waals surface area contributed by atoms with E-state index in [-0.39, 0.29) is 35.3 Å². The minimum atomic E-state index is -1.33. The average molecular weight is 240 g/mol. The fraction of sp³-hybridized carbons (Fsp3) is 0.182. The van der Waals surface area contributed by atoms with Gasteiger partial charge in [0.25, 0.3) is 0 Å². The van der Waals surface area contributed by atoms with Crippen LogP contribution < -0.4 is 34.7 Å². The number of carboxylic acid groups (broad SMARTS) is 1. The molecule has 6 heteroatoms. The number of pyridine rings is 1. The summed E-state index contributed by atoms with van der Waals surface area (Å²) in [5.41, 5.74) is 0.932. The number of carboxylic acids is 1. The quantitative estimate of drug-likeness (QED) is 0.562. The van der Waals surface area contributed by atoms with E-state index in [2.05, 4.69) is 10.1 Å². The molecule has 0 aromatic carbocycles. The molecule has 0 amide bonds. The molecule has 0 atom stereocenters. The molecule has 0 radical (unpaired) electrons.